The number of rotatable bonds is 3. The van der Waals surface area contributed by atoms with Gasteiger partial charge in [-0.1, -0.05) is 17.8 Å². The number of nitrogens with zero attached hydrogens (tertiary/aromatic N) is 2. The summed E-state index contributed by atoms with van der Waals surface area (Å²) in [7, 11) is 0. The van der Waals surface area contributed by atoms with Crippen molar-refractivity contribution in [1.82, 2.24) is 9.80 Å². The van der Waals surface area contributed by atoms with Crippen LogP contribution < -0.4 is 0 Å². The van der Waals surface area contributed by atoms with E-state index in [0.717, 1.165) is 16.6 Å². The molecule has 2 saturated heterocycles. The van der Waals surface area contributed by atoms with Crippen molar-refractivity contribution in [2.75, 3.05) is 18.8 Å². The van der Waals surface area contributed by atoms with E-state index in [0.29, 0.717) is 25.9 Å². The van der Waals surface area contributed by atoms with Gasteiger partial charge in [0.05, 0.1) is 18.2 Å². The Balaban J connectivity index is 1.60. The van der Waals surface area contributed by atoms with Crippen LogP contribution in [0.4, 0.5) is 4.79 Å². The van der Waals surface area contributed by atoms with Crippen molar-refractivity contribution < 1.29 is 14.4 Å². The van der Waals surface area contributed by atoms with Crippen LogP contribution in [0.1, 0.15) is 11.3 Å². The second-order valence-electron chi connectivity index (χ2n) is 4.86. The molecule has 2 aliphatic heterocycles. The van der Waals surface area contributed by atoms with Gasteiger partial charge in [0.2, 0.25) is 11.8 Å². The van der Waals surface area contributed by atoms with Crippen LogP contribution in [0, 0.1) is 0 Å². The molecule has 20 heavy (non-hydrogen) atoms. The molecule has 7 heteroatoms. The van der Waals surface area contributed by atoms with Crippen LogP contribution in [0.5, 0.6) is 0 Å². The summed E-state index contributed by atoms with van der Waals surface area (Å²) in [6.45, 7) is 1.10. The lowest BCUT2D eigenvalue weighted by molar-refractivity contribution is -0.131. The predicted molar refractivity (Wildman–Crippen MR) is 77.7 cm³/mol. The molecule has 106 valence electrons. The molecular weight excluding hydrogens is 296 g/mol. The number of hydrogen-bond donors (Lipinski definition) is 0. The first-order chi connectivity index (χ1) is 9.65. The summed E-state index contributed by atoms with van der Waals surface area (Å²) >= 11 is 2.62. The van der Waals surface area contributed by atoms with Gasteiger partial charge >= 0.3 is 0 Å². The third kappa shape index (κ3) is 2.60. The Labute approximate surface area is 124 Å². The van der Waals surface area contributed by atoms with E-state index in [1.54, 1.807) is 16.2 Å². The van der Waals surface area contributed by atoms with Gasteiger partial charge in [-0.05, 0) is 17.9 Å². The summed E-state index contributed by atoms with van der Waals surface area (Å²) in [4.78, 5) is 39.7. The molecule has 1 atom stereocenters. The van der Waals surface area contributed by atoms with Crippen LogP contribution in [-0.2, 0) is 16.0 Å². The number of hydrogen-bond acceptors (Lipinski definition) is 5. The molecule has 1 aromatic heterocycles. The minimum atomic E-state index is -0.174. The highest BCUT2D eigenvalue weighted by atomic mass is 32.2. The van der Waals surface area contributed by atoms with Crippen molar-refractivity contribution in [3.05, 3.63) is 22.4 Å². The summed E-state index contributed by atoms with van der Waals surface area (Å²) in [5, 5.41) is 1.78. The molecule has 0 N–H and O–H groups in total. The van der Waals surface area contributed by atoms with E-state index in [9.17, 15) is 14.4 Å². The van der Waals surface area contributed by atoms with Gasteiger partial charge in [0.15, 0.2) is 0 Å². The first kappa shape index (κ1) is 13.6. The highest BCUT2D eigenvalue weighted by Gasteiger charge is 2.40. The van der Waals surface area contributed by atoms with Crippen LogP contribution >= 0.6 is 23.1 Å². The molecule has 1 aromatic rings. The second-order valence-corrected chi connectivity index (χ2v) is 6.82. The summed E-state index contributed by atoms with van der Waals surface area (Å²) in [5.41, 5.74) is 0. The van der Waals surface area contributed by atoms with Crippen LogP contribution in [0.2, 0.25) is 0 Å². The number of likely N-dealkylation sites (tertiary alicyclic amines) is 1. The Hall–Kier alpha value is -1.34. The highest BCUT2D eigenvalue weighted by molar-refractivity contribution is 8.14. The average molecular weight is 310 g/mol. The molecule has 3 heterocycles. The lowest BCUT2D eigenvalue weighted by atomic mass is 10.2. The van der Waals surface area contributed by atoms with Crippen molar-refractivity contribution in [3.63, 3.8) is 0 Å². The predicted octanol–water partition coefficient (Wildman–Crippen LogP) is 1.59. The third-order valence-electron chi connectivity index (χ3n) is 3.57. The molecule has 3 amide bonds. The average Bonchev–Trinajstić information content (AvgIpc) is 3.11. The summed E-state index contributed by atoms with van der Waals surface area (Å²) in [5.74, 6) is 0.178. The SMILES string of the molecule is O=C(Cc1cccs1)N1CCC(N2C(=O)CSC2=O)C1. The third-order valence-corrected chi connectivity index (χ3v) is 5.28. The first-order valence-corrected chi connectivity index (χ1v) is 8.30. The number of thioether (sulfide) groups is 1. The van der Waals surface area contributed by atoms with Gasteiger partial charge < -0.3 is 4.90 Å². The highest BCUT2D eigenvalue weighted by Crippen LogP contribution is 2.26. The van der Waals surface area contributed by atoms with Crippen molar-refractivity contribution in [1.29, 1.82) is 0 Å². The molecule has 0 spiro atoms. The summed E-state index contributed by atoms with van der Waals surface area (Å²) < 4.78 is 0. The standard InChI is InChI=1S/C13H14N2O3S2/c16-11(6-10-2-1-5-19-10)14-4-3-9(7-14)15-12(17)8-20-13(15)18/h1-2,5,9H,3-4,6-8H2. The fourth-order valence-electron chi connectivity index (χ4n) is 2.57. The Morgan fingerprint density at radius 2 is 2.25 bits per heavy atom. The molecule has 3 rings (SSSR count). The van der Waals surface area contributed by atoms with Gasteiger partial charge in [-0.25, -0.2) is 0 Å². The number of carbonyl (C=O) groups excluding carboxylic acids is 3. The number of amides is 3. The zero-order chi connectivity index (χ0) is 14.1. The van der Waals surface area contributed by atoms with Gasteiger partial charge in [-0.2, -0.15) is 0 Å². The zero-order valence-electron chi connectivity index (χ0n) is 10.8. The van der Waals surface area contributed by atoms with E-state index in [4.69, 9.17) is 0 Å². The fraction of sp³-hybridized carbons (Fsp3) is 0.462. The van der Waals surface area contributed by atoms with E-state index in [2.05, 4.69) is 0 Å². The fourth-order valence-corrected chi connectivity index (χ4v) is 4.04. The largest absolute Gasteiger partial charge is 0.340 e. The monoisotopic (exact) mass is 310 g/mol. The molecule has 0 bridgehead atoms. The van der Waals surface area contributed by atoms with Gasteiger partial charge in [0.1, 0.15) is 0 Å². The van der Waals surface area contributed by atoms with Crippen LogP contribution in [0.15, 0.2) is 17.5 Å². The lowest BCUT2D eigenvalue weighted by Crippen LogP contribution is -2.41. The molecule has 0 saturated carbocycles. The Bertz CT molecular complexity index is 528. The van der Waals surface area contributed by atoms with Crippen molar-refractivity contribution >= 4 is 40.2 Å². The van der Waals surface area contributed by atoms with Gasteiger partial charge in [-0.15, -0.1) is 11.3 Å². The molecule has 0 aliphatic carbocycles. The molecule has 1 unspecified atom stereocenters. The lowest BCUT2D eigenvalue weighted by Gasteiger charge is -2.21. The Morgan fingerprint density at radius 3 is 2.90 bits per heavy atom. The van der Waals surface area contributed by atoms with E-state index in [-0.39, 0.29) is 28.8 Å². The maximum atomic E-state index is 12.2. The van der Waals surface area contributed by atoms with E-state index >= 15 is 0 Å². The minimum Gasteiger partial charge on any atom is -0.340 e. The van der Waals surface area contributed by atoms with Crippen molar-refractivity contribution in [2.45, 2.75) is 18.9 Å². The summed E-state index contributed by atoms with van der Waals surface area (Å²) in [6.07, 6.45) is 1.09. The Morgan fingerprint density at radius 1 is 1.40 bits per heavy atom. The smallest absolute Gasteiger partial charge is 0.289 e. The molecular formula is C13H14N2O3S2. The van der Waals surface area contributed by atoms with E-state index < -0.39 is 0 Å². The van der Waals surface area contributed by atoms with Gasteiger partial charge in [0.25, 0.3) is 5.24 Å². The minimum absolute atomic E-state index is 0.0710. The number of imide groups is 1. The molecule has 0 radical (unpaired) electrons. The van der Waals surface area contributed by atoms with Crippen molar-refractivity contribution in [2.24, 2.45) is 0 Å². The molecule has 2 fully saturated rings. The normalized spacial score (nSPS) is 22.9. The summed E-state index contributed by atoms with van der Waals surface area (Å²) in [6, 6.07) is 3.73. The number of thiophene rings is 1. The van der Waals surface area contributed by atoms with Gasteiger partial charge in [0, 0.05) is 18.0 Å². The topological polar surface area (TPSA) is 57.7 Å². The van der Waals surface area contributed by atoms with E-state index in [1.165, 1.54) is 4.90 Å². The molecule has 2 aliphatic rings. The zero-order valence-corrected chi connectivity index (χ0v) is 12.4. The maximum Gasteiger partial charge on any atom is 0.289 e. The Kier molecular flexibility index (Phi) is 3.80. The molecule has 5 nitrogen and oxygen atoms in total. The number of carbonyl (C=O) groups is 3. The quantitative estimate of drug-likeness (QED) is 0.850. The van der Waals surface area contributed by atoms with Crippen LogP contribution in [-0.4, -0.2) is 51.7 Å². The van der Waals surface area contributed by atoms with Crippen LogP contribution in [0.3, 0.4) is 0 Å². The molecule has 0 aromatic carbocycles. The van der Waals surface area contributed by atoms with E-state index in [1.807, 2.05) is 17.5 Å². The first-order valence-electron chi connectivity index (χ1n) is 6.44. The maximum absolute atomic E-state index is 12.2. The van der Waals surface area contributed by atoms with Gasteiger partial charge in [-0.3, -0.25) is 19.3 Å². The second kappa shape index (κ2) is 5.57. The van der Waals surface area contributed by atoms with Crippen LogP contribution in [0.25, 0.3) is 0 Å². The van der Waals surface area contributed by atoms with Crippen molar-refractivity contribution in [3.8, 4) is 0 Å².